The lowest BCUT2D eigenvalue weighted by Gasteiger charge is -2.31. The third-order valence-corrected chi connectivity index (χ3v) is 6.04. The lowest BCUT2D eigenvalue weighted by atomic mass is 9.93. The van der Waals surface area contributed by atoms with Crippen molar-refractivity contribution in [1.29, 1.82) is 0 Å². The summed E-state index contributed by atoms with van der Waals surface area (Å²) in [5, 5.41) is 14.4. The van der Waals surface area contributed by atoms with Gasteiger partial charge in [0.05, 0.1) is 18.2 Å². The number of phenols is 1. The summed E-state index contributed by atoms with van der Waals surface area (Å²) in [5.74, 6) is 0.992. The Bertz CT molecular complexity index is 1130. The van der Waals surface area contributed by atoms with Gasteiger partial charge in [0.2, 0.25) is 0 Å². The number of nitrogens with one attached hydrogen (secondary N) is 1. The SMILES string of the molecule is CCOc1cccc([C@H]2CC(c3ccc(OC)cc3)=N[C@H](c3ccc(F)c(Br)c3)N2)c1O. The Morgan fingerprint density at radius 2 is 1.94 bits per heavy atom. The van der Waals surface area contributed by atoms with E-state index in [-0.39, 0.29) is 17.6 Å². The van der Waals surface area contributed by atoms with Gasteiger partial charge in [0.15, 0.2) is 11.5 Å². The maximum Gasteiger partial charge on any atom is 0.162 e. The molecular weight excluding hydrogens is 475 g/mol. The first kappa shape index (κ1) is 22.3. The van der Waals surface area contributed by atoms with Gasteiger partial charge in [0.25, 0.3) is 0 Å². The molecule has 2 N–H and O–H groups in total. The molecule has 0 radical (unpaired) electrons. The quantitative estimate of drug-likeness (QED) is 0.442. The highest BCUT2D eigenvalue weighted by Crippen LogP contribution is 2.39. The van der Waals surface area contributed by atoms with Crippen LogP contribution in [0.4, 0.5) is 4.39 Å². The molecule has 0 amide bonds. The van der Waals surface area contributed by atoms with Gasteiger partial charge < -0.3 is 14.6 Å². The summed E-state index contributed by atoms with van der Waals surface area (Å²) in [6.45, 7) is 2.34. The number of hydrogen-bond donors (Lipinski definition) is 2. The third kappa shape index (κ3) is 4.64. The van der Waals surface area contributed by atoms with Crippen LogP contribution in [-0.2, 0) is 0 Å². The number of rotatable bonds is 6. The molecule has 5 nitrogen and oxygen atoms in total. The molecule has 32 heavy (non-hydrogen) atoms. The molecule has 2 atom stereocenters. The molecule has 0 spiro atoms. The number of halogens is 2. The molecule has 0 saturated heterocycles. The van der Waals surface area contributed by atoms with Gasteiger partial charge in [0.1, 0.15) is 17.7 Å². The van der Waals surface area contributed by atoms with E-state index >= 15 is 0 Å². The minimum atomic E-state index is -0.419. The van der Waals surface area contributed by atoms with E-state index in [1.807, 2.05) is 43.3 Å². The summed E-state index contributed by atoms with van der Waals surface area (Å²) < 4.78 is 25.1. The second-order valence-corrected chi connectivity index (χ2v) is 8.29. The number of methoxy groups -OCH3 is 1. The van der Waals surface area contributed by atoms with E-state index < -0.39 is 6.17 Å². The normalized spacial score (nSPS) is 18.2. The van der Waals surface area contributed by atoms with Gasteiger partial charge in [-0.25, -0.2) is 4.39 Å². The Balaban J connectivity index is 1.75. The van der Waals surface area contributed by atoms with Gasteiger partial charge in [-0.2, -0.15) is 0 Å². The van der Waals surface area contributed by atoms with Crippen LogP contribution in [-0.4, -0.2) is 24.5 Å². The average molecular weight is 499 g/mol. The highest BCUT2D eigenvalue weighted by molar-refractivity contribution is 9.10. The Hall–Kier alpha value is -2.90. The number of nitrogens with zero attached hydrogens (tertiary/aromatic N) is 1. The monoisotopic (exact) mass is 498 g/mol. The first-order valence-corrected chi connectivity index (χ1v) is 11.2. The molecule has 1 aliphatic rings. The van der Waals surface area contributed by atoms with Crippen LogP contribution >= 0.6 is 15.9 Å². The smallest absolute Gasteiger partial charge is 0.162 e. The van der Waals surface area contributed by atoms with Gasteiger partial charge in [-0.3, -0.25) is 10.3 Å². The average Bonchev–Trinajstić information content (AvgIpc) is 2.82. The number of benzene rings is 3. The van der Waals surface area contributed by atoms with Crippen LogP contribution in [0, 0.1) is 5.82 Å². The molecule has 3 aromatic carbocycles. The maximum absolute atomic E-state index is 13.8. The zero-order chi connectivity index (χ0) is 22.7. The van der Waals surface area contributed by atoms with Crippen LogP contribution in [0.1, 0.15) is 42.2 Å². The van der Waals surface area contributed by atoms with Gasteiger partial charge in [-0.05, 0) is 76.4 Å². The summed E-state index contributed by atoms with van der Waals surface area (Å²) in [4.78, 5) is 4.92. The van der Waals surface area contributed by atoms with Crippen molar-refractivity contribution < 1.29 is 19.0 Å². The summed E-state index contributed by atoms with van der Waals surface area (Å²) in [6, 6.07) is 17.8. The largest absolute Gasteiger partial charge is 0.504 e. The molecule has 0 aromatic heterocycles. The molecule has 0 fully saturated rings. The van der Waals surface area contributed by atoms with Crippen LogP contribution in [0.25, 0.3) is 0 Å². The lowest BCUT2D eigenvalue weighted by molar-refractivity contribution is 0.313. The molecule has 0 aliphatic carbocycles. The molecule has 0 unspecified atom stereocenters. The van der Waals surface area contributed by atoms with Gasteiger partial charge in [0, 0.05) is 23.7 Å². The summed E-state index contributed by atoms with van der Waals surface area (Å²) in [6.07, 6.45) is 0.145. The number of aliphatic imine (C=N–C) groups is 1. The van der Waals surface area contributed by atoms with Crippen LogP contribution in [0.3, 0.4) is 0 Å². The Kier molecular flexibility index (Phi) is 6.77. The molecule has 3 aromatic rings. The first-order chi connectivity index (χ1) is 15.5. The van der Waals surface area contributed by atoms with E-state index in [0.717, 1.165) is 28.2 Å². The zero-order valence-electron chi connectivity index (χ0n) is 17.8. The van der Waals surface area contributed by atoms with Gasteiger partial charge in [-0.1, -0.05) is 18.2 Å². The summed E-state index contributed by atoms with van der Waals surface area (Å²) >= 11 is 3.27. The second kappa shape index (κ2) is 9.71. The third-order valence-electron chi connectivity index (χ3n) is 5.43. The van der Waals surface area contributed by atoms with E-state index in [1.165, 1.54) is 6.07 Å². The van der Waals surface area contributed by atoms with E-state index in [0.29, 0.717) is 23.2 Å². The van der Waals surface area contributed by atoms with Crippen molar-refractivity contribution in [2.45, 2.75) is 25.6 Å². The predicted octanol–water partition coefficient (Wildman–Crippen LogP) is 5.92. The van der Waals surface area contributed by atoms with E-state index in [2.05, 4.69) is 21.2 Å². The van der Waals surface area contributed by atoms with E-state index in [4.69, 9.17) is 14.5 Å². The molecule has 0 bridgehead atoms. The second-order valence-electron chi connectivity index (χ2n) is 7.43. The van der Waals surface area contributed by atoms with Crippen molar-refractivity contribution in [1.82, 2.24) is 5.32 Å². The number of phenolic OH excluding ortho intramolecular Hbond substituents is 1. The maximum atomic E-state index is 13.8. The minimum Gasteiger partial charge on any atom is -0.504 e. The van der Waals surface area contributed by atoms with Crippen LogP contribution in [0.5, 0.6) is 17.2 Å². The highest BCUT2D eigenvalue weighted by Gasteiger charge is 2.29. The van der Waals surface area contributed by atoms with Crippen molar-refractivity contribution >= 4 is 21.6 Å². The van der Waals surface area contributed by atoms with Gasteiger partial charge >= 0.3 is 0 Å². The van der Waals surface area contributed by atoms with Crippen molar-refractivity contribution in [3.8, 4) is 17.2 Å². The Morgan fingerprint density at radius 1 is 1.16 bits per heavy atom. The number of hydrogen-bond acceptors (Lipinski definition) is 5. The van der Waals surface area contributed by atoms with Crippen LogP contribution in [0.15, 0.2) is 70.1 Å². The molecule has 1 heterocycles. The van der Waals surface area contributed by atoms with Crippen molar-refractivity contribution in [2.75, 3.05) is 13.7 Å². The number of para-hydroxylation sites is 1. The predicted molar refractivity (Wildman–Crippen MR) is 126 cm³/mol. The summed E-state index contributed by atoms with van der Waals surface area (Å²) in [5.41, 5.74) is 3.38. The number of aromatic hydroxyl groups is 1. The molecule has 4 rings (SSSR count). The lowest BCUT2D eigenvalue weighted by Crippen LogP contribution is -2.33. The fraction of sp³-hybridized carbons (Fsp3) is 0.240. The zero-order valence-corrected chi connectivity index (χ0v) is 19.4. The highest BCUT2D eigenvalue weighted by atomic mass is 79.9. The molecule has 7 heteroatoms. The minimum absolute atomic E-state index is 0.113. The van der Waals surface area contributed by atoms with E-state index in [9.17, 15) is 9.50 Å². The fourth-order valence-electron chi connectivity index (χ4n) is 3.81. The standard InChI is InChI=1S/C25H24BrFN2O3/c1-3-32-23-6-4-5-18(24(23)30)22-14-21(15-7-10-17(31-2)11-8-15)28-25(29-22)16-9-12-20(27)19(26)13-16/h4-13,22,25,29-30H,3,14H2,1-2H3/t22-,25+/m1/s1. The first-order valence-electron chi connectivity index (χ1n) is 10.4. The van der Waals surface area contributed by atoms with Crippen LogP contribution in [0.2, 0.25) is 0 Å². The molecule has 166 valence electrons. The fourth-order valence-corrected chi connectivity index (χ4v) is 4.21. The van der Waals surface area contributed by atoms with E-state index in [1.54, 1.807) is 25.3 Å². The topological polar surface area (TPSA) is 63.1 Å². The molecule has 0 saturated carbocycles. The summed E-state index contributed by atoms with van der Waals surface area (Å²) in [7, 11) is 1.63. The van der Waals surface area contributed by atoms with Gasteiger partial charge in [-0.15, -0.1) is 0 Å². The van der Waals surface area contributed by atoms with Crippen LogP contribution < -0.4 is 14.8 Å². The Morgan fingerprint density at radius 3 is 2.62 bits per heavy atom. The van der Waals surface area contributed by atoms with Crippen molar-refractivity contribution in [3.63, 3.8) is 0 Å². The van der Waals surface area contributed by atoms with Crippen molar-refractivity contribution in [2.24, 2.45) is 4.99 Å². The Labute approximate surface area is 195 Å². The number of ether oxygens (including phenoxy) is 2. The van der Waals surface area contributed by atoms with Crippen molar-refractivity contribution in [3.05, 3.63) is 87.6 Å². The molecular formula is C25H24BrFN2O3. The molecule has 1 aliphatic heterocycles.